The van der Waals surface area contributed by atoms with Crippen molar-refractivity contribution in [2.24, 2.45) is 0 Å². The molecule has 0 bridgehead atoms. The SMILES string of the molecule is CCCN(CC1CCCO1)C(=O)c1cc(=O)[nH]c2ccc(F)cc12. The number of aromatic amines is 1. The van der Waals surface area contributed by atoms with Crippen LogP contribution in [0.5, 0.6) is 0 Å². The van der Waals surface area contributed by atoms with E-state index in [1.807, 2.05) is 6.92 Å². The van der Waals surface area contributed by atoms with Gasteiger partial charge in [0, 0.05) is 36.7 Å². The molecule has 6 heteroatoms. The van der Waals surface area contributed by atoms with Crippen LogP contribution in [0.1, 0.15) is 36.5 Å². The van der Waals surface area contributed by atoms with E-state index < -0.39 is 5.82 Å². The van der Waals surface area contributed by atoms with Gasteiger partial charge >= 0.3 is 0 Å². The van der Waals surface area contributed by atoms with Crippen molar-refractivity contribution >= 4 is 16.8 Å². The number of nitrogens with zero attached hydrogens (tertiary/aromatic N) is 1. The lowest BCUT2D eigenvalue weighted by molar-refractivity contribution is 0.0527. The molecule has 0 saturated carbocycles. The summed E-state index contributed by atoms with van der Waals surface area (Å²) in [5, 5.41) is 0.424. The molecule has 24 heavy (non-hydrogen) atoms. The summed E-state index contributed by atoms with van der Waals surface area (Å²) in [6, 6.07) is 5.28. The Labute approximate surface area is 139 Å². The van der Waals surface area contributed by atoms with Gasteiger partial charge in [0.05, 0.1) is 11.7 Å². The Morgan fingerprint density at radius 3 is 2.96 bits per heavy atom. The van der Waals surface area contributed by atoms with Crippen molar-refractivity contribution in [2.45, 2.75) is 32.3 Å². The number of fused-ring (bicyclic) bond motifs is 1. The fraction of sp³-hybridized carbons (Fsp3) is 0.444. The molecule has 1 unspecified atom stereocenters. The molecule has 0 radical (unpaired) electrons. The first-order valence-electron chi connectivity index (χ1n) is 8.32. The van der Waals surface area contributed by atoms with Crippen molar-refractivity contribution in [3.8, 4) is 0 Å². The van der Waals surface area contributed by atoms with Gasteiger partial charge in [-0.3, -0.25) is 9.59 Å². The number of rotatable bonds is 5. The average molecular weight is 332 g/mol. The van der Waals surface area contributed by atoms with Crippen molar-refractivity contribution in [2.75, 3.05) is 19.7 Å². The van der Waals surface area contributed by atoms with Crippen LogP contribution in [0, 0.1) is 5.82 Å². The molecule has 1 aromatic carbocycles. The van der Waals surface area contributed by atoms with E-state index in [9.17, 15) is 14.0 Å². The fourth-order valence-corrected chi connectivity index (χ4v) is 3.15. The van der Waals surface area contributed by atoms with E-state index in [0.717, 1.165) is 25.9 Å². The lowest BCUT2D eigenvalue weighted by Crippen LogP contribution is -2.38. The molecular weight excluding hydrogens is 311 g/mol. The summed E-state index contributed by atoms with van der Waals surface area (Å²) in [6.45, 7) is 3.78. The second-order valence-electron chi connectivity index (χ2n) is 6.12. The third kappa shape index (κ3) is 3.48. The van der Waals surface area contributed by atoms with Crippen LogP contribution in [0.15, 0.2) is 29.1 Å². The van der Waals surface area contributed by atoms with Crippen LogP contribution in [-0.4, -0.2) is 41.6 Å². The average Bonchev–Trinajstić information content (AvgIpc) is 3.06. The van der Waals surface area contributed by atoms with Gasteiger partial charge in [-0.15, -0.1) is 0 Å². The van der Waals surface area contributed by atoms with Crippen LogP contribution in [0.25, 0.3) is 10.9 Å². The zero-order valence-electron chi connectivity index (χ0n) is 13.7. The summed E-state index contributed by atoms with van der Waals surface area (Å²) in [7, 11) is 0. The van der Waals surface area contributed by atoms with Gasteiger partial charge in [-0.25, -0.2) is 4.39 Å². The van der Waals surface area contributed by atoms with Gasteiger partial charge in [0.1, 0.15) is 5.82 Å². The molecule has 1 N–H and O–H groups in total. The van der Waals surface area contributed by atoms with E-state index in [2.05, 4.69) is 4.98 Å². The zero-order valence-corrected chi connectivity index (χ0v) is 13.7. The molecule has 1 fully saturated rings. The molecule has 5 nitrogen and oxygen atoms in total. The maximum Gasteiger partial charge on any atom is 0.254 e. The van der Waals surface area contributed by atoms with Crippen molar-refractivity contribution < 1.29 is 13.9 Å². The van der Waals surface area contributed by atoms with Crippen molar-refractivity contribution in [3.63, 3.8) is 0 Å². The van der Waals surface area contributed by atoms with Gasteiger partial charge < -0.3 is 14.6 Å². The van der Waals surface area contributed by atoms with Gasteiger partial charge in [0.2, 0.25) is 5.56 Å². The highest BCUT2D eigenvalue weighted by molar-refractivity contribution is 6.06. The fourth-order valence-electron chi connectivity index (χ4n) is 3.15. The minimum atomic E-state index is -0.440. The molecule has 128 valence electrons. The summed E-state index contributed by atoms with van der Waals surface area (Å²) in [4.78, 5) is 29.2. The third-order valence-electron chi connectivity index (χ3n) is 4.26. The molecule has 1 aliphatic heterocycles. The number of carbonyl (C=O) groups excluding carboxylic acids is 1. The molecule has 1 saturated heterocycles. The first kappa shape index (κ1) is 16.6. The van der Waals surface area contributed by atoms with Gasteiger partial charge in [-0.05, 0) is 37.5 Å². The number of hydrogen-bond acceptors (Lipinski definition) is 3. The maximum absolute atomic E-state index is 13.6. The number of benzene rings is 1. The minimum Gasteiger partial charge on any atom is -0.376 e. The van der Waals surface area contributed by atoms with Crippen LogP contribution < -0.4 is 5.56 Å². The number of hydrogen-bond donors (Lipinski definition) is 1. The standard InChI is InChI=1S/C18H21FN2O3/c1-2-7-21(11-13-4-3-8-24-13)18(23)15-10-17(22)20-16-6-5-12(19)9-14(15)16/h5-6,9-10,13H,2-4,7-8,11H2,1H3,(H,20,22). The van der Waals surface area contributed by atoms with Crippen LogP contribution >= 0.6 is 0 Å². The first-order chi connectivity index (χ1) is 11.6. The number of aromatic nitrogens is 1. The second kappa shape index (κ2) is 7.13. The van der Waals surface area contributed by atoms with Crippen molar-refractivity contribution in [1.82, 2.24) is 9.88 Å². The van der Waals surface area contributed by atoms with Gasteiger partial charge in [0.15, 0.2) is 0 Å². The highest BCUT2D eigenvalue weighted by Gasteiger charge is 2.24. The summed E-state index contributed by atoms with van der Waals surface area (Å²) in [5.74, 6) is -0.696. The highest BCUT2D eigenvalue weighted by atomic mass is 19.1. The Morgan fingerprint density at radius 1 is 1.42 bits per heavy atom. The number of nitrogens with one attached hydrogen (secondary N) is 1. The summed E-state index contributed by atoms with van der Waals surface area (Å²) in [6.07, 6.45) is 2.76. The smallest absolute Gasteiger partial charge is 0.254 e. The van der Waals surface area contributed by atoms with E-state index in [0.29, 0.717) is 24.0 Å². The van der Waals surface area contributed by atoms with Gasteiger partial charge in [-0.2, -0.15) is 0 Å². The highest BCUT2D eigenvalue weighted by Crippen LogP contribution is 2.20. The van der Waals surface area contributed by atoms with Crippen LogP contribution in [0.2, 0.25) is 0 Å². The number of amides is 1. The first-order valence-corrected chi connectivity index (χ1v) is 8.32. The van der Waals surface area contributed by atoms with Gasteiger partial charge in [0.25, 0.3) is 5.91 Å². The lowest BCUT2D eigenvalue weighted by Gasteiger charge is -2.25. The van der Waals surface area contributed by atoms with E-state index in [-0.39, 0.29) is 23.1 Å². The molecule has 0 aliphatic carbocycles. The maximum atomic E-state index is 13.6. The second-order valence-corrected chi connectivity index (χ2v) is 6.12. The molecular formula is C18H21FN2O3. The number of H-pyrrole nitrogens is 1. The van der Waals surface area contributed by atoms with E-state index in [1.54, 1.807) is 4.90 Å². The Bertz CT molecular complexity index is 796. The zero-order chi connectivity index (χ0) is 17.1. The minimum absolute atomic E-state index is 0.0329. The molecule has 1 amide bonds. The predicted molar refractivity (Wildman–Crippen MR) is 89.7 cm³/mol. The van der Waals surface area contributed by atoms with Crippen molar-refractivity contribution in [1.29, 1.82) is 0 Å². The molecule has 0 spiro atoms. The van der Waals surface area contributed by atoms with Crippen LogP contribution in [0.3, 0.4) is 0 Å². The molecule has 1 atom stereocenters. The monoisotopic (exact) mass is 332 g/mol. The predicted octanol–water partition coefficient (Wildman–Crippen LogP) is 2.70. The number of pyridine rings is 1. The Morgan fingerprint density at radius 2 is 2.25 bits per heavy atom. The van der Waals surface area contributed by atoms with Crippen LogP contribution in [0.4, 0.5) is 4.39 Å². The molecule has 1 aromatic heterocycles. The topological polar surface area (TPSA) is 62.4 Å². The Kier molecular flexibility index (Phi) is 4.94. The molecule has 3 rings (SSSR count). The summed E-state index contributed by atoms with van der Waals surface area (Å²) < 4.78 is 19.2. The third-order valence-corrected chi connectivity index (χ3v) is 4.26. The van der Waals surface area contributed by atoms with E-state index in [4.69, 9.17) is 4.74 Å². The summed E-state index contributed by atoms with van der Waals surface area (Å²) in [5.41, 5.74) is 0.325. The van der Waals surface area contributed by atoms with E-state index >= 15 is 0 Å². The number of carbonyl (C=O) groups is 1. The summed E-state index contributed by atoms with van der Waals surface area (Å²) >= 11 is 0. The molecule has 1 aliphatic rings. The van der Waals surface area contributed by atoms with Crippen molar-refractivity contribution in [3.05, 3.63) is 46.0 Å². The lowest BCUT2D eigenvalue weighted by atomic mass is 10.1. The molecule has 2 heterocycles. The largest absolute Gasteiger partial charge is 0.376 e. The quantitative estimate of drug-likeness (QED) is 0.916. The van der Waals surface area contributed by atoms with E-state index in [1.165, 1.54) is 24.3 Å². The number of ether oxygens (including phenoxy) is 1. The van der Waals surface area contributed by atoms with Crippen LogP contribution in [-0.2, 0) is 4.74 Å². The number of halogens is 1. The normalized spacial score (nSPS) is 17.3. The Balaban J connectivity index is 1.98. The van der Waals surface area contributed by atoms with Gasteiger partial charge in [-0.1, -0.05) is 6.92 Å². The Hall–Kier alpha value is -2.21. The molecule has 2 aromatic rings.